The van der Waals surface area contributed by atoms with Crippen LogP contribution in [0.3, 0.4) is 0 Å². The maximum Gasteiger partial charge on any atom is 0.0172 e. The zero-order chi connectivity index (χ0) is 9.26. The molecule has 1 N–H and O–H groups in total. The lowest BCUT2D eigenvalue weighted by atomic mass is 9.71. The fourth-order valence-electron chi connectivity index (χ4n) is 2.39. The van der Waals surface area contributed by atoms with E-state index >= 15 is 0 Å². The van der Waals surface area contributed by atoms with Crippen molar-refractivity contribution in [3.05, 3.63) is 0 Å². The van der Waals surface area contributed by atoms with Gasteiger partial charge in [-0.15, -0.1) is 0 Å². The van der Waals surface area contributed by atoms with Gasteiger partial charge in [-0.3, -0.25) is 0 Å². The highest BCUT2D eigenvalue weighted by Gasteiger charge is 2.34. The molecule has 0 bridgehead atoms. The van der Waals surface area contributed by atoms with E-state index in [9.17, 15) is 0 Å². The Hall–Kier alpha value is 0.310. The van der Waals surface area contributed by atoms with E-state index in [2.05, 4.69) is 30.9 Å². The molecule has 2 heteroatoms. The standard InChI is InChI=1S/C11H21NS/c1-8-6-11(9(8)2)12-7-10-4-3-5-13-10/h8-12H,3-7H2,1-2H3. The summed E-state index contributed by atoms with van der Waals surface area (Å²) in [6.07, 6.45) is 4.28. The summed E-state index contributed by atoms with van der Waals surface area (Å²) in [5, 5.41) is 4.64. The van der Waals surface area contributed by atoms with Gasteiger partial charge in [-0.25, -0.2) is 0 Å². The fraction of sp³-hybridized carbons (Fsp3) is 1.00. The van der Waals surface area contributed by atoms with Crippen LogP contribution >= 0.6 is 11.8 Å². The summed E-state index contributed by atoms with van der Waals surface area (Å²) in [5.41, 5.74) is 0. The van der Waals surface area contributed by atoms with E-state index in [1.54, 1.807) is 0 Å². The van der Waals surface area contributed by atoms with Gasteiger partial charge in [-0.2, -0.15) is 11.8 Å². The molecule has 1 saturated carbocycles. The van der Waals surface area contributed by atoms with Crippen molar-refractivity contribution in [3.8, 4) is 0 Å². The molecule has 0 aromatic heterocycles. The van der Waals surface area contributed by atoms with Gasteiger partial charge in [0.15, 0.2) is 0 Å². The van der Waals surface area contributed by atoms with E-state index < -0.39 is 0 Å². The van der Waals surface area contributed by atoms with E-state index in [-0.39, 0.29) is 0 Å². The largest absolute Gasteiger partial charge is 0.313 e. The normalized spacial score (nSPS) is 44.8. The molecule has 2 rings (SSSR count). The van der Waals surface area contributed by atoms with Crippen molar-refractivity contribution in [1.29, 1.82) is 0 Å². The van der Waals surface area contributed by atoms with Gasteiger partial charge >= 0.3 is 0 Å². The second kappa shape index (κ2) is 4.22. The smallest absolute Gasteiger partial charge is 0.0172 e. The minimum atomic E-state index is 0.830. The molecule has 1 nitrogen and oxygen atoms in total. The van der Waals surface area contributed by atoms with Crippen LogP contribution in [0.1, 0.15) is 33.1 Å². The molecule has 76 valence electrons. The van der Waals surface area contributed by atoms with Crippen LogP contribution in [0.15, 0.2) is 0 Å². The molecule has 1 heterocycles. The number of hydrogen-bond acceptors (Lipinski definition) is 2. The lowest BCUT2D eigenvalue weighted by molar-refractivity contribution is 0.138. The van der Waals surface area contributed by atoms with Crippen molar-refractivity contribution in [3.63, 3.8) is 0 Å². The van der Waals surface area contributed by atoms with Crippen molar-refractivity contribution in [2.45, 2.75) is 44.4 Å². The summed E-state index contributed by atoms with van der Waals surface area (Å²) in [5.74, 6) is 3.25. The fourth-order valence-corrected chi connectivity index (χ4v) is 3.60. The Bertz CT molecular complexity index is 165. The molecule has 2 fully saturated rings. The van der Waals surface area contributed by atoms with Crippen molar-refractivity contribution in [2.75, 3.05) is 12.3 Å². The first-order valence-electron chi connectivity index (χ1n) is 5.62. The molecular formula is C11H21NS. The third kappa shape index (κ3) is 2.21. The third-order valence-corrected chi connectivity index (χ3v) is 5.19. The first-order valence-corrected chi connectivity index (χ1v) is 6.67. The Morgan fingerprint density at radius 2 is 2.23 bits per heavy atom. The number of rotatable bonds is 3. The highest BCUT2D eigenvalue weighted by molar-refractivity contribution is 8.00. The lowest BCUT2D eigenvalue weighted by Crippen LogP contribution is -2.49. The molecule has 4 unspecified atom stereocenters. The highest BCUT2D eigenvalue weighted by atomic mass is 32.2. The number of nitrogens with one attached hydrogen (secondary N) is 1. The van der Waals surface area contributed by atoms with E-state index in [4.69, 9.17) is 0 Å². The van der Waals surface area contributed by atoms with Crippen LogP contribution < -0.4 is 5.32 Å². The molecule has 0 spiro atoms. The topological polar surface area (TPSA) is 12.0 Å². The maximum atomic E-state index is 3.72. The molecule has 4 atom stereocenters. The van der Waals surface area contributed by atoms with Crippen molar-refractivity contribution < 1.29 is 0 Å². The Morgan fingerprint density at radius 1 is 1.38 bits per heavy atom. The molecule has 0 amide bonds. The van der Waals surface area contributed by atoms with Gasteiger partial charge < -0.3 is 5.32 Å². The zero-order valence-corrected chi connectivity index (χ0v) is 9.57. The van der Waals surface area contributed by atoms with E-state index in [0.717, 1.165) is 23.1 Å². The molecule has 1 aliphatic carbocycles. The average molecular weight is 199 g/mol. The predicted molar refractivity (Wildman–Crippen MR) is 60.2 cm³/mol. The average Bonchev–Trinajstić information content (AvgIpc) is 2.64. The summed E-state index contributed by atoms with van der Waals surface area (Å²) in [4.78, 5) is 0. The zero-order valence-electron chi connectivity index (χ0n) is 8.75. The molecule has 2 aliphatic rings. The first kappa shape index (κ1) is 9.85. The molecule has 0 radical (unpaired) electrons. The molecular weight excluding hydrogens is 178 g/mol. The minimum absolute atomic E-state index is 0.830. The van der Waals surface area contributed by atoms with Gasteiger partial charge in [0, 0.05) is 17.8 Å². The number of thioether (sulfide) groups is 1. The molecule has 1 saturated heterocycles. The van der Waals surface area contributed by atoms with Crippen molar-refractivity contribution >= 4 is 11.8 Å². The SMILES string of the molecule is CC1CC(NCC2CCCS2)C1C. The van der Waals surface area contributed by atoms with Crippen molar-refractivity contribution in [1.82, 2.24) is 5.32 Å². The Balaban J connectivity index is 1.63. The predicted octanol–water partition coefficient (Wildman–Crippen LogP) is 2.52. The first-order chi connectivity index (χ1) is 6.27. The summed E-state index contributed by atoms with van der Waals surface area (Å²) in [6, 6.07) is 0.830. The molecule has 0 aromatic rings. The summed E-state index contributed by atoms with van der Waals surface area (Å²) in [6.45, 7) is 6.01. The summed E-state index contributed by atoms with van der Waals surface area (Å²) in [7, 11) is 0. The van der Waals surface area contributed by atoms with E-state index in [1.807, 2.05) is 0 Å². The molecule has 0 aromatic carbocycles. The Morgan fingerprint density at radius 3 is 2.77 bits per heavy atom. The van der Waals surface area contributed by atoms with Crippen LogP contribution in [-0.2, 0) is 0 Å². The van der Waals surface area contributed by atoms with Crippen molar-refractivity contribution in [2.24, 2.45) is 11.8 Å². The number of hydrogen-bond donors (Lipinski definition) is 1. The molecule has 1 aliphatic heterocycles. The minimum Gasteiger partial charge on any atom is -0.313 e. The quantitative estimate of drug-likeness (QED) is 0.749. The lowest BCUT2D eigenvalue weighted by Gasteiger charge is -2.41. The Labute approximate surface area is 86.0 Å². The van der Waals surface area contributed by atoms with Gasteiger partial charge in [0.2, 0.25) is 0 Å². The van der Waals surface area contributed by atoms with Gasteiger partial charge in [-0.1, -0.05) is 13.8 Å². The van der Waals surface area contributed by atoms with E-state index in [0.29, 0.717) is 0 Å². The second-order valence-electron chi connectivity index (χ2n) is 4.72. The van der Waals surface area contributed by atoms with Gasteiger partial charge in [-0.05, 0) is 36.9 Å². The Kier molecular flexibility index (Phi) is 3.20. The summed E-state index contributed by atoms with van der Waals surface area (Å²) >= 11 is 2.16. The van der Waals surface area contributed by atoms with Crippen LogP contribution in [0.25, 0.3) is 0 Å². The van der Waals surface area contributed by atoms with E-state index in [1.165, 1.54) is 31.6 Å². The third-order valence-electron chi connectivity index (χ3n) is 3.79. The van der Waals surface area contributed by atoms with Crippen LogP contribution in [0, 0.1) is 11.8 Å². The monoisotopic (exact) mass is 199 g/mol. The van der Waals surface area contributed by atoms with Crippen LogP contribution in [0.4, 0.5) is 0 Å². The van der Waals surface area contributed by atoms with Crippen LogP contribution in [0.2, 0.25) is 0 Å². The summed E-state index contributed by atoms with van der Waals surface area (Å²) < 4.78 is 0. The molecule has 13 heavy (non-hydrogen) atoms. The highest BCUT2D eigenvalue weighted by Crippen LogP contribution is 2.34. The van der Waals surface area contributed by atoms with Crippen LogP contribution in [0.5, 0.6) is 0 Å². The second-order valence-corrected chi connectivity index (χ2v) is 6.13. The van der Waals surface area contributed by atoms with Gasteiger partial charge in [0.25, 0.3) is 0 Å². The van der Waals surface area contributed by atoms with Crippen LogP contribution in [-0.4, -0.2) is 23.6 Å². The van der Waals surface area contributed by atoms with Gasteiger partial charge in [0.05, 0.1) is 0 Å². The van der Waals surface area contributed by atoms with Gasteiger partial charge in [0.1, 0.15) is 0 Å². The maximum absolute atomic E-state index is 3.72.